The van der Waals surface area contributed by atoms with Crippen molar-refractivity contribution in [1.29, 1.82) is 0 Å². The van der Waals surface area contributed by atoms with E-state index < -0.39 is 9.84 Å². The lowest BCUT2D eigenvalue weighted by molar-refractivity contribution is 0.546. The lowest BCUT2D eigenvalue weighted by Crippen LogP contribution is -2.28. The molecular formula is C11H25NO2S. The van der Waals surface area contributed by atoms with E-state index in [-0.39, 0.29) is 11.7 Å². The van der Waals surface area contributed by atoms with Crippen molar-refractivity contribution in [3.63, 3.8) is 0 Å². The van der Waals surface area contributed by atoms with Crippen LogP contribution in [0.25, 0.3) is 0 Å². The van der Waals surface area contributed by atoms with Crippen molar-refractivity contribution >= 4 is 9.84 Å². The Morgan fingerprint density at radius 2 is 1.80 bits per heavy atom. The fraction of sp³-hybridized carbons (Fsp3) is 1.00. The Morgan fingerprint density at radius 1 is 1.20 bits per heavy atom. The molecular weight excluding hydrogens is 210 g/mol. The van der Waals surface area contributed by atoms with Crippen LogP contribution in [0.2, 0.25) is 0 Å². The fourth-order valence-corrected chi connectivity index (χ4v) is 2.98. The number of sulfone groups is 1. The lowest BCUT2D eigenvalue weighted by atomic mass is 10.2. The molecule has 0 spiro atoms. The summed E-state index contributed by atoms with van der Waals surface area (Å²) in [6.07, 6.45) is 0.929. The van der Waals surface area contributed by atoms with Crippen LogP contribution in [0.15, 0.2) is 0 Å². The van der Waals surface area contributed by atoms with Crippen LogP contribution in [-0.2, 0) is 9.84 Å². The zero-order valence-electron chi connectivity index (χ0n) is 10.4. The second-order valence-electron chi connectivity index (χ2n) is 4.73. The highest BCUT2D eigenvalue weighted by Gasteiger charge is 2.14. The van der Waals surface area contributed by atoms with E-state index in [9.17, 15) is 8.42 Å². The number of rotatable bonds is 8. The first-order valence-electron chi connectivity index (χ1n) is 5.78. The molecule has 0 bridgehead atoms. The topological polar surface area (TPSA) is 46.2 Å². The molecule has 3 nitrogen and oxygen atoms in total. The normalized spacial score (nSPS) is 14.5. The Bertz CT molecular complexity index is 247. The quantitative estimate of drug-likeness (QED) is 0.651. The van der Waals surface area contributed by atoms with Crippen LogP contribution in [0, 0.1) is 11.8 Å². The molecule has 0 aromatic rings. The van der Waals surface area contributed by atoms with Crippen LogP contribution in [0.1, 0.15) is 34.1 Å². The van der Waals surface area contributed by atoms with E-state index in [1.807, 2.05) is 13.8 Å². The summed E-state index contributed by atoms with van der Waals surface area (Å²) in [6, 6.07) is 0. The number of nitrogens with one attached hydrogen (secondary N) is 1. The van der Waals surface area contributed by atoms with Crippen LogP contribution < -0.4 is 5.32 Å². The van der Waals surface area contributed by atoms with Crippen molar-refractivity contribution < 1.29 is 8.42 Å². The van der Waals surface area contributed by atoms with Gasteiger partial charge in [0.1, 0.15) is 0 Å². The Morgan fingerprint density at radius 3 is 2.27 bits per heavy atom. The maximum atomic E-state index is 11.6. The molecule has 92 valence electrons. The highest BCUT2D eigenvalue weighted by Crippen LogP contribution is 2.05. The summed E-state index contributed by atoms with van der Waals surface area (Å²) in [5, 5.41) is 3.15. The van der Waals surface area contributed by atoms with Crippen molar-refractivity contribution in [1.82, 2.24) is 5.32 Å². The summed E-state index contributed by atoms with van der Waals surface area (Å²) in [6.45, 7) is 9.70. The SMILES string of the molecule is CCC(C)CS(=O)(=O)CCNCC(C)C. The molecule has 0 aliphatic carbocycles. The molecule has 0 radical (unpaired) electrons. The van der Waals surface area contributed by atoms with Gasteiger partial charge in [0.05, 0.1) is 11.5 Å². The molecule has 0 saturated heterocycles. The molecule has 0 aromatic carbocycles. The Labute approximate surface area is 94.6 Å². The third-order valence-electron chi connectivity index (χ3n) is 2.38. The summed E-state index contributed by atoms with van der Waals surface area (Å²) >= 11 is 0. The van der Waals surface area contributed by atoms with Crippen molar-refractivity contribution in [2.24, 2.45) is 11.8 Å². The van der Waals surface area contributed by atoms with E-state index in [1.165, 1.54) is 0 Å². The number of hydrogen-bond acceptors (Lipinski definition) is 3. The maximum Gasteiger partial charge on any atom is 0.151 e. The van der Waals surface area contributed by atoms with Gasteiger partial charge < -0.3 is 5.32 Å². The molecule has 1 unspecified atom stereocenters. The first-order chi connectivity index (χ1) is 6.87. The minimum Gasteiger partial charge on any atom is -0.315 e. The van der Waals surface area contributed by atoms with E-state index in [4.69, 9.17) is 0 Å². The van der Waals surface area contributed by atoms with Gasteiger partial charge in [0.2, 0.25) is 0 Å². The molecule has 0 aromatic heterocycles. The molecule has 0 rings (SSSR count). The molecule has 15 heavy (non-hydrogen) atoms. The van der Waals surface area contributed by atoms with E-state index in [1.54, 1.807) is 0 Å². The van der Waals surface area contributed by atoms with Gasteiger partial charge in [0.15, 0.2) is 9.84 Å². The van der Waals surface area contributed by atoms with Crippen molar-refractivity contribution in [3.05, 3.63) is 0 Å². The Kier molecular flexibility index (Phi) is 7.18. The summed E-state index contributed by atoms with van der Waals surface area (Å²) in [5.74, 6) is 1.44. The molecule has 4 heteroatoms. The minimum absolute atomic E-state index is 0.268. The van der Waals surface area contributed by atoms with Gasteiger partial charge in [-0.2, -0.15) is 0 Å². The predicted octanol–water partition coefficient (Wildman–Crippen LogP) is 1.69. The monoisotopic (exact) mass is 235 g/mol. The van der Waals surface area contributed by atoms with Gasteiger partial charge in [-0.25, -0.2) is 8.42 Å². The highest BCUT2D eigenvalue weighted by atomic mass is 32.2. The Hall–Kier alpha value is -0.0900. The van der Waals surface area contributed by atoms with Crippen molar-refractivity contribution in [3.8, 4) is 0 Å². The van der Waals surface area contributed by atoms with E-state index >= 15 is 0 Å². The molecule has 0 amide bonds. The standard InChI is InChI=1S/C11H25NO2S/c1-5-11(4)9-15(13,14)7-6-12-8-10(2)3/h10-12H,5-9H2,1-4H3. The fourth-order valence-electron chi connectivity index (χ4n) is 1.25. The molecule has 0 heterocycles. The van der Waals surface area contributed by atoms with Crippen LogP contribution in [0.4, 0.5) is 0 Å². The Balaban J connectivity index is 3.75. The first-order valence-corrected chi connectivity index (χ1v) is 7.60. The minimum atomic E-state index is -2.85. The molecule has 0 aliphatic heterocycles. The highest BCUT2D eigenvalue weighted by molar-refractivity contribution is 7.91. The smallest absolute Gasteiger partial charge is 0.151 e. The summed E-state index contributed by atoms with van der Waals surface area (Å²) < 4.78 is 23.2. The van der Waals surface area contributed by atoms with Crippen LogP contribution >= 0.6 is 0 Å². The predicted molar refractivity (Wildman–Crippen MR) is 65.8 cm³/mol. The van der Waals surface area contributed by atoms with E-state index in [2.05, 4.69) is 19.2 Å². The lowest BCUT2D eigenvalue weighted by Gasteiger charge is -2.10. The van der Waals surface area contributed by atoms with Crippen LogP contribution in [-0.4, -0.2) is 33.0 Å². The third-order valence-corrected chi connectivity index (χ3v) is 4.28. The zero-order valence-corrected chi connectivity index (χ0v) is 11.2. The van der Waals surface area contributed by atoms with Crippen LogP contribution in [0.5, 0.6) is 0 Å². The van der Waals surface area contributed by atoms with Gasteiger partial charge in [-0.3, -0.25) is 0 Å². The summed E-state index contributed by atoms with van der Waals surface area (Å²) in [7, 11) is -2.85. The number of hydrogen-bond donors (Lipinski definition) is 1. The zero-order chi connectivity index (χ0) is 11.9. The second kappa shape index (κ2) is 7.23. The summed E-state index contributed by atoms with van der Waals surface area (Å²) in [5.41, 5.74) is 0. The second-order valence-corrected chi connectivity index (χ2v) is 6.95. The van der Waals surface area contributed by atoms with Gasteiger partial charge in [-0.15, -0.1) is 0 Å². The van der Waals surface area contributed by atoms with E-state index in [0.29, 0.717) is 18.2 Å². The molecule has 0 aliphatic rings. The van der Waals surface area contributed by atoms with Crippen LogP contribution in [0.3, 0.4) is 0 Å². The third kappa shape index (κ3) is 8.88. The maximum absolute atomic E-state index is 11.6. The molecule has 0 saturated carbocycles. The van der Waals surface area contributed by atoms with Gasteiger partial charge in [-0.05, 0) is 18.4 Å². The van der Waals surface area contributed by atoms with Gasteiger partial charge in [-0.1, -0.05) is 34.1 Å². The molecule has 1 atom stereocenters. The van der Waals surface area contributed by atoms with E-state index in [0.717, 1.165) is 13.0 Å². The van der Waals surface area contributed by atoms with Crippen molar-refractivity contribution in [2.45, 2.75) is 34.1 Å². The largest absolute Gasteiger partial charge is 0.315 e. The molecule has 1 N–H and O–H groups in total. The van der Waals surface area contributed by atoms with Gasteiger partial charge in [0.25, 0.3) is 0 Å². The van der Waals surface area contributed by atoms with Gasteiger partial charge >= 0.3 is 0 Å². The van der Waals surface area contributed by atoms with Gasteiger partial charge in [0, 0.05) is 6.54 Å². The molecule has 0 fully saturated rings. The summed E-state index contributed by atoms with van der Waals surface area (Å²) in [4.78, 5) is 0. The average molecular weight is 235 g/mol. The first kappa shape index (κ1) is 14.9. The van der Waals surface area contributed by atoms with Crippen molar-refractivity contribution in [2.75, 3.05) is 24.6 Å². The average Bonchev–Trinajstić information content (AvgIpc) is 2.11.